The summed E-state index contributed by atoms with van der Waals surface area (Å²) in [4.78, 5) is 15.1. The van der Waals surface area contributed by atoms with Crippen molar-refractivity contribution in [2.45, 2.75) is 0 Å². The van der Waals surface area contributed by atoms with Crippen LogP contribution < -0.4 is 5.73 Å². The average Bonchev–Trinajstić information content (AvgIpc) is 3.22. The van der Waals surface area contributed by atoms with Crippen LogP contribution in [-0.2, 0) is 0 Å². The van der Waals surface area contributed by atoms with E-state index in [-0.39, 0.29) is 0 Å². The predicted octanol–water partition coefficient (Wildman–Crippen LogP) is 9.53. The lowest BCUT2D eigenvalue weighted by molar-refractivity contribution is 1.29. The van der Waals surface area contributed by atoms with Gasteiger partial charge >= 0.3 is 0 Å². The van der Waals surface area contributed by atoms with Gasteiger partial charge in [0, 0.05) is 22.3 Å². The smallest absolute Gasteiger partial charge is 0.0991 e. The molecule has 8 nitrogen and oxygen atoms in total. The fourth-order valence-corrected chi connectivity index (χ4v) is 6.00. The highest BCUT2D eigenvalue weighted by molar-refractivity contribution is 6.32. The average molecular weight is 679 g/mol. The van der Waals surface area contributed by atoms with Gasteiger partial charge in [-0.15, -0.1) is 0 Å². The highest BCUT2D eigenvalue weighted by Crippen LogP contribution is 2.36. The van der Waals surface area contributed by atoms with Crippen molar-refractivity contribution in [3.63, 3.8) is 0 Å². The maximum Gasteiger partial charge on any atom is 0.0991 e. The molecule has 0 spiro atoms. The van der Waals surface area contributed by atoms with Crippen LogP contribution in [0.15, 0.2) is 145 Å². The number of aliphatic imine (C=N–C) groups is 1. The second-order valence-corrected chi connectivity index (χ2v) is 12.1. The molecule has 0 bridgehead atoms. The Morgan fingerprint density at radius 1 is 0.509 bits per heavy atom. The number of rotatable bonds is 7. The first-order valence-electron chi connectivity index (χ1n) is 16.4. The van der Waals surface area contributed by atoms with E-state index in [0.29, 0.717) is 78.5 Å². The second-order valence-electron chi connectivity index (χ2n) is 12.1. The number of nitrogens with zero attached hydrogens (tertiary/aromatic N) is 7. The molecule has 246 valence electrons. The van der Waals surface area contributed by atoms with E-state index in [4.69, 9.17) is 20.7 Å². The largest absolute Gasteiger partial charge is 0.397 e. The first kappa shape index (κ1) is 33.3. The van der Waals surface area contributed by atoms with E-state index >= 15 is 0 Å². The van der Waals surface area contributed by atoms with E-state index in [2.05, 4.69) is 30.9 Å². The number of hydrogen-bond acceptors (Lipinski definition) is 8. The highest BCUT2D eigenvalue weighted by atomic mass is 14.8. The van der Waals surface area contributed by atoms with Gasteiger partial charge in [0.2, 0.25) is 0 Å². The zero-order valence-corrected chi connectivity index (χ0v) is 28.1. The molecule has 1 heterocycles. The van der Waals surface area contributed by atoms with Crippen LogP contribution in [0.4, 0.5) is 11.4 Å². The maximum absolute atomic E-state index is 9.64. The number of nitriles is 4. The minimum atomic E-state index is 0.436. The Morgan fingerprint density at radius 2 is 1.00 bits per heavy atom. The summed E-state index contributed by atoms with van der Waals surface area (Å²) in [6, 6.07) is 48.8. The van der Waals surface area contributed by atoms with Crippen molar-refractivity contribution in [3.8, 4) is 57.9 Å². The van der Waals surface area contributed by atoms with Crippen LogP contribution in [0.1, 0.15) is 33.4 Å². The highest BCUT2D eigenvalue weighted by Gasteiger charge is 2.17. The van der Waals surface area contributed by atoms with E-state index in [1.807, 2.05) is 66.7 Å². The lowest BCUT2D eigenvalue weighted by Crippen LogP contribution is -2.05. The molecule has 0 saturated carbocycles. The van der Waals surface area contributed by atoms with Gasteiger partial charge in [0.25, 0.3) is 0 Å². The van der Waals surface area contributed by atoms with Gasteiger partial charge in [-0.2, -0.15) is 21.0 Å². The Morgan fingerprint density at radius 3 is 1.60 bits per heavy atom. The topological polar surface area (TPSA) is 159 Å². The SMILES string of the molecule is C=C(C(=Nc1cc(-c2ccc3nc(-c4cccc(C#N)c4)c(-c4cccc(C#N)c4)nc3c2)ccc1N)c1cccc(C#N)c1)c1cccc(C#N)c1. The van der Waals surface area contributed by atoms with Crippen LogP contribution in [-0.4, -0.2) is 15.7 Å². The zero-order chi connectivity index (χ0) is 36.9. The lowest BCUT2D eigenvalue weighted by atomic mass is 9.95. The maximum atomic E-state index is 9.64. The lowest BCUT2D eigenvalue weighted by Gasteiger charge is -2.14. The minimum Gasteiger partial charge on any atom is -0.397 e. The summed E-state index contributed by atoms with van der Waals surface area (Å²) in [5.74, 6) is 0. The fourth-order valence-electron chi connectivity index (χ4n) is 6.00. The first-order valence-corrected chi connectivity index (χ1v) is 16.4. The van der Waals surface area contributed by atoms with Crippen LogP contribution in [0.3, 0.4) is 0 Å². The number of allylic oxidation sites excluding steroid dienone is 1. The van der Waals surface area contributed by atoms with Crippen LogP contribution in [0.2, 0.25) is 0 Å². The Labute approximate surface area is 306 Å². The molecule has 0 atom stereocenters. The molecule has 0 aliphatic heterocycles. The monoisotopic (exact) mass is 678 g/mol. The summed E-state index contributed by atoms with van der Waals surface area (Å²) in [6.45, 7) is 4.34. The summed E-state index contributed by atoms with van der Waals surface area (Å²) in [6.07, 6.45) is 0. The first-order chi connectivity index (χ1) is 25.9. The molecule has 1 aromatic heterocycles. The Bertz CT molecular complexity index is 2820. The molecule has 7 aromatic rings. The summed E-state index contributed by atoms with van der Waals surface area (Å²) in [5, 5.41) is 38.4. The summed E-state index contributed by atoms with van der Waals surface area (Å²) < 4.78 is 0. The fraction of sp³-hybridized carbons (Fsp3) is 0. The van der Waals surface area contributed by atoms with Gasteiger partial charge in [0.15, 0.2) is 0 Å². The minimum absolute atomic E-state index is 0.436. The summed E-state index contributed by atoms with van der Waals surface area (Å²) >= 11 is 0. The molecule has 0 aliphatic carbocycles. The number of benzene rings is 6. The van der Waals surface area contributed by atoms with Gasteiger partial charge in [0.1, 0.15) is 0 Å². The van der Waals surface area contributed by atoms with E-state index in [9.17, 15) is 21.0 Å². The van der Waals surface area contributed by atoms with Crippen molar-refractivity contribution in [3.05, 3.63) is 173 Å². The van der Waals surface area contributed by atoms with Crippen molar-refractivity contribution in [2.24, 2.45) is 4.99 Å². The van der Waals surface area contributed by atoms with Gasteiger partial charge in [-0.05, 0) is 89.5 Å². The molecule has 0 unspecified atom stereocenters. The van der Waals surface area contributed by atoms with Gasteiger partial charge in [-0.1, -0.05) is 67.2 Å². The number of nitrogen functional groups attached to an aromatic ring is 1. The predicted molar refractivity (Wildman–Crippen MR) is 207 cm³/mol. The molecule has 53 heavy (non-hydrogen) atoms. The van der Waals surface area contributed by atoms with Crippen LogP contribution in [0.25, 0.3) is 50.2 Å². The van der Waals surface area contributed by atoms with E-state index in [1.54, 1.807) is 66.7 Å². The third-order valence-corrected chi connectivity index (χ3v) is 8.68. The van der Waals surface area contributed by atoms with E-state index in [1.165, 1.54) is 0 Å². The Kier molecular flexibility index (Phi) is 9.03. The molecular weight excluding hydrogens is 653 g/mol. The number of nitrogens with two attached hydrogens (primary N) is 1. The Balaban J connectivity index is 1.37. The zero-order valence-electron chi connectivity index (χ0n) is 28.1. The van der Waals surface area contributed by atoms with Crippen LogP contribution in [0.5, 0.6) is 0 Å². The number of anilines is 1. The van der Waals surface area contributed by atoms with Crippen molar-refractivity contribution in [1.82, 2.24) is 9.97 Å². The van der Waals surface area contributed by atoms with Crippen molar-refractivity contribution in [2.75, 3.05) is 5.73 Å². The molecule has 0 amide bonds. The quantitative estimate of drug-likeness (QED) is 0.130. The third kappa shape index (κ3) is 6.85. The van der Waals surface area contributed by atoms with E-state index < -0.39 is 0 Å². The van der Waals surface area contributed by atoms with E-state index in [0.717, 1.165) is 22.3 Å². The van der Waals surface area contributed by atoms with Crippen molar-refractivity contribution >= 4 is 33.7 Å². The number of hydrogen-bond donors (Lipinski definition) is 1. The second kappa shape index (κ2) is 14.4. The van der Waals surface area contributed by atoms with Crippen LogP contribution in [0, 0.1) is 45.3 Å². The summed E-state index contributed by atoms with van der Waals surface area (Å²) in [5.41, 5.74) is 17.4. The molecule has 8 heteroatoms. The third-order valence-electron chi connectivity index (χ3n) is 8.68. The molecule has 7 rings (SSSR count). The van der Waals surface area contributed by atoms with Gasteiger partial charge < -0.3 is 5.73 Å². The molecule has 0 radical (unpaired) electrons. The molecule has 0 fully saturated rings. The molecular formula is C45H26N8. The molecule has 6 aromatic carbocycles. The number of fused-ring (bicyclic) bond motifs is 1. The standard InChI is InChI=1S/C45H26N8/c1-28(33-10-2-6-29(18-33)24-46)43(36-11-3-7-30(19-36)25-47)52-41-22-34(14-16-39(41)50)35-15-17-40-42(23-35)53-45(38-13-5-9-32(21-38)27-49)44(51-40)37-12-4-8-31(20-37)26-48/h2-23H,1,50H2. The normalized spacial score (nSPS) is 10.8. The van der Waals surface area contributed by atoms with Gasteiger partial charge in [-0.3, -0.25) is 0 Å². The van der Waals surface area contributed by atoms with Crippen molar-refractivity contribution < 1.29 is 0 Å². The Hall–Kier alpha value is -8.17. The van der Waals surface area contributed by atoms with Gasteiger partial charge in [0.05, 0.1) is 86.0 Å². The van der Waals surface area contributed by atoms with Crippen LogP contribution >= 0.6 is 0 Å². The van der Waals surface area contributed by atoms with Crippen molar-refractivity contribution in [1.29, 1.82) is 21.0 Å². The molecule has 0 aliphatic rings. The van der Waals surface area contributed by atoms with Gasteiger partial charge in [-0.25, -0.2) is 15.0 Å². The molecule has 2 N–H and O–H groups in total. The molecule has 0 saturated heterocycles. The number of aromatic nitrogens is 2. The summed E-state index contributed by atoms with van der Waals surface area (Å²) in [7, 11) is 0.